The largest absolute Gasteiger partial charge is 0.396 e. The first kappa shape index (κ1) is 15.7. The molecule has 1 fully saturated rings. The van der Waals surface area contributed by atoms with Crippen molar-refractivity contribution < 1.29 is 9.90 Å². The van der Waals surface area contributed by atoms with Gasteiger partial charge in [0.1, 0.15) is 12.7 Å². The summed E-state index contributed by atoms with van der Waals surface area (Å²) in [6.07, 6.45) is 8.92. The van der Waals surface area contributed by atoms with Crippen molar-refractivity contribution >= 4 is 5.91 Å². The molecule has 1 aromatic rings. The van der Waals surface area contributed by atoms with E-state index in [9.17, 15) is 9.90 Å². The van der Waals surface area contributed by atoms with E-state index in [1.165, 1.54) is 6.33 Å². The number of aryl methyl sites for hydroxylation is 1. The van der Waals surface area contributed by atoms with Gasteiger partial charge in [-0.2, -0.15) is 5.10 Å². The Morgan fingerprint density at radius 1 is 1.52 bits per heavy atom. The maximum absolute atomic E-state index is 12.3. The summed E-state index contributed by atoms with van der Waals surface area (Å²) in [7, 11) is 0. The van der Waals surface area contributed by atoms with Crippen LogP contribution in [0, 0.1) is 5.41 Å². The van der Waals surface area contributed by atoms with Crippen molar-refractivity contribution in [2.24, 2.45) is 5.41 Å². The van der Waals surface area contributed by atoms with Gasteiger partial charge in [-0.1, -0.05) is 6.08 Å². The lowest BCUT2D eigenvalue weighted by Gasteiger charge is -2.41. The zero-order valence-electron chi connectivity index (χ0n) is 12.4. The summed E-state index contributed by atoms with van der Waals surface area (Å²) in [4.78, 5) is 18.1. The zero-order valence-corrected chi connectivity index (χ0v) is 12.4. The van der Waals surface area contributed by atoms with Gasteiger partial charge in [-0.05, 0) is 25.7 Å². The topological polar surface area (TPSA) is 71.2 Å². The highest BCUT2D eigenvalue weighted by molar-refractivity contribution is 5.76. The molecule has 0 aliphatic carbocycles. The van der Waals surface area contributed by atoms with Crippen LogP contribution >= 0.6 is 0 Å². The molecule has 2 heterocycles. The number of aliphatic hydroxyl groups is 1. The van der Waals surface area contributed by atoms with E-state index in [-0.39, 0.29) is 17.9 Å². The number of carbonyl (C=O) groups is 1. The van der Waals surface area contributed by atoms with Crippen LogP contribution in [0.4, 0.5) is 0 Å². The Bertz CT molecular complexity index is 460. The number of hydrogen-bond acceptors (Lipinski definition) is 4. The highest BCUT2D eigenvalue weighted by Crippen LogP contribution is 2.33. The monoisotopic (exact) mass is 292 g/mol. The van der Waals surface area contributed by atoms with Crippen molar-refractivity contribution in [3.8, 4) is 0 Å². The first-order chi connectivity index (χ1) is 10.2. The van der Waals surface area contributed by atoms with Crippen LogP contribution in [0.1, 0.15) is 32.1 Å². The second kappa shape index (κ2) is 7.36. The van der Waals surface area contributed by atoms with Crippen LogP contribution in [0.25, 0.3) is 0 Å². The molecular weight excluding hydrogens is 268 g/mol. The molecule has 1 N–H and O–H groups in total. The van der Waals surface area contributed by atoms with Crippen molar-refractivity contribution in [1.82, 2.24) is 19.7 Å². The Labute approximate surface area is 125 Å². The van der Waals surface area contributed by atoms with Gasteiger partial charge in [0.2, 0.25) is 5.91 Å². The van der Waals surface area contributed by atoms with Crippen molar-refractivity contribution in [1.29, 1.82) is 0 Å². The number of allylic oxidation sites excluding steroid dienone is 1. The molecule has 0 saturated carbocycles. The van der Waals surface area contributed by atoms with Gasteiger partial charge in [-0.3, -0.25) is 9.48 Å². The first-order valence-electron chi connectivity index (χ1n) is 7.51. The van der Waals surface area contributed by atoms with Gasteiger partial charge in [0.25, 0.3) is 0 Å². The maximum atomic E-state index is 12.3. The molecule has 0 unspecified atom stereocenters. The number of hydrogen-bond donors (Lipinski definition) is 1. The number of aromatic nitrogens is 3. The van der Waals surface area contributed by atoms with E-state index in [0.717, 1.165) is 32.2 Å². The van der Waals surface area contributed by atoms with Crippen LogP contribution in [0.5, 0.6) is 0 Å². The number of aliphatic hydroxyl groups excluding tert-OH is 1. The molecule has 1 amide bonds. The molecule has 1 atom stereocenters. The van der Waals surface area contributed by atoms with E-state index >= 15 is 0 Å². The lowest BCUT2D eigenvalue weighted by atomic mass is 9.77. The Morgan fingerprint density at radius 3 is 3.05 bits per heavy atom. The Balaban J connectivity index is 1.82. The van der Waals surface area contributed by atoms with Crippen LogP contribution in [0.3, 0.4) is 0 Å². The maximum Gasteiger partial charge on any atom is 0.222 e. The van der Waals surface area contributed by atoms with Crippen molar-refractivity contribution in [2.75, 3.05) is 19.7 Å². The molecule has 0 spiro atoms. The summed E-state index contributed by atoms with van der Waals surface area (Å²) in [5, 5.41) is 13.7. The highest BCUT2D eigenvalue weighted by Gasteiger charge is 2.35. The molecule has 6 heteroatoms. The SMILES string of the molecule is C=CC[C@]1(CO)CCCN(C(=O)CCCn2cncn2)C1. The van der Waals surface area contributed by atoms with E-state index in [1.807, 2.05) is 11.0 Å². The summed E-state index contributed by atoms with van der Waals surface area (Å²) in [6, 6.07) is 0. The number of amides is 1. The van der Waals surface area contributed by atoms with Crippen LogP contribution in [0.2, 0.25) is 0 Å². The Hall–Kier alpha value is -1.69. The molecule has 0 radical (unpaired) electrons. The average molecular weight is 292 g/mol. The third kappa shape index (κ3) is 4.14. The zero-order chi connectivity index (χ0) is 15.1. The second-order valence-electron chi connectivity index (χ2n) is 5.83. The van der Waals surface area contributed by atoms with E-state index in [2.05, 4.69) is 16.7 Å². The minimum absolute atomic E-state index is 0.113. The molecule has 1 saturated heterocycles. The van der Waals surface area contributed by atoms with Gasteiger partial charge < -0.3 is 10.0 Å². The van der Waals surface area contributed by atoms with Gasteiger partial charge >= 0.3 is 0 Å². The molecule has 1 aliphatic heterocycles. The fraction of sp³-hybridized carbons (Fsp3) is 0.667. The van der Waals surface area contributed by atoms with Crippen LogP contribution in [0.15, 0.2) is 25.3 Å². The second-order valence-corrected chi connectivity index (χ2v) is 5.83. The lowest BCUT2D eigenvalue weighted by Crippen LogP contribution is -2.47. The van der Waals surface area contributed by atoms with E-state index in [0.29, 0.717) is 19.5 Å². The number of piperidine rings is 1. The quantitative estimate of drug-likeness (QED) is 0.767. The highest BCUT2D eigenvalue weighted by atomic mass is 16.3. The summed E-state index contributed by atoms with van der Waals surface area (Å²) in [5.41, 5.74) is -0.193. The van der Waals surface area contributed by atoms with Crippen LogP contribution in [-0.4, -0.2) is 50.4 Å². The standard InChI is InChI=1S/C15H24N4O2/c1-2-6-15(11-20)7-4-8-18(10-15)14(21)5-3-9-19-13-16-12-17-19/h2,12-13,20H,1,3-11H2/t15-/m0/s1. The minimum atomic E-state index is -0.193. The minimum Gasteiger partial charge on any atom is -0.396 e. The smallest absolute Gasteiger partial charge is 0.222 e. The molecule has 1 aromatic heterocycles. The summed E-state index contributed by atoms with van der Waals surface area (Å²) in [5.74, 6) is 0.164. The van der Waals surface area contributed by atoms with Gasteiger partial charge in [-0.15, -0.1) is 6.58 Å². The lowest BCUT2D eigenvalue weighted by molar-refractivity contribution is -0.135. The fourth-order valence-corrected chi connectivity index (χ4v) is 2.99. The number of nitrogens with zero attached hydrogens (tertiary/aromatic N) is 4. The number of rotatable bonds is 7. The third-order valence-electron chi connectivity index (χ3n) is 4.17. The predicted octanol–water partition coefficient (Wildman–Crippen LogP) is 1.24. The average Bonchev–Trinajstić information content (AvgIpc) is 3.01. The summed E-state index contributed by atoms with van der Waals surface area (Å²) < 4.78 is 1.74. The summed E-state index contributed by atoms with van der Waals surface area (Å²) >= 11 is 0. The van der Waals surface area contributed by atoms with Crippen molar-refractivity contribution in [3.63, 3.8) is 0 Å². The van der Waals surface area contributed by atoms with Gasteiger partial charge in [0.05, 0.1) is 6.61 Å². The Morgan fingerprint density at radius 2 is 2.38 bits per heavy atom. The predicted molar refractivity (Wildman–Crippen MR) is 79.4 cm³/mol. The van der Waals surface area contributed by atoms with Gasteiger partial charge in [0.15, 0.2) is 0 Å². The third-order valence-corrected chi connectivity index (χ3v) is 4.17. The first-order valence-corrected chi connectivity index (χ1v) is 7.51. The number of likely N-dealkylation sites (tertiary alicyclic amines) is 1. The van der Waals surface area contributed by atoms with Crippen LogP contribution < -0.4 is 0 Å². The molecule has 116 valence electrons. The Kier molecular flexibility index (Phi) is 5.50. The molecule has 2 rings (SSSR count). The molecule has 0 aromatic carbocycles. The summed E-state index contributed by atoms with van der Waals surface area (Å²) in [6.45, 7) is 6.01. The molecule has 0 bridgehead atoms. The number of carbonyl (C=O) groups excluding carboxylic acids is 1. The van der Waals surface area contributed by atoms with Crippen molar-refractivity contribution in [2.45, 2.75) is 38.6 Å². The molecule has 1 aliphatic rings. The van der Waals surface area contributed by atoms with Crippen LogP contribution in [-0.2, 0) is 11.3 Å². The fourth-order valence-electron chi connectivity index (χ4n) is 2.99. The molecule has 6 nitrogen and oxygen atoms in total. The normalized spacial score (nSPS) is 22.2. The molecular formula is C15H24N4O2. The van der Waals surface area contributed by atoms with Crippen molar-refractivity contribution in [3.05, 3.63) is 25.3 Å². The van der Waals surface area contributed by atoms with E-state index in [1.54, 1.807) is 11.0 Å². The van der Waals surface area contributed by atoms with Gasteiger partial charge in [-0.25, -0.2) is 4.98 Å². The van der Waals surface area contributed by atoms with Gasteiger partial charge in [0, 0.05) is 31.5 Å². The van der Waals surface area contributed by atoms with E-state index in [4.69, 9.17) is 0 Å². The van der Waals surface area contributed by atoms with E-state index < -0.39 is 0 Å². The molecule has 21 heavy (non-hydrogen) atoms.